The van der Waals surface area contributed by atoms with Crippen LogP contribution in [0.15, 0.2) is 36.4 Å². The van der Waals surface area contributed by atoms with Crippen LogP contribution in [0.4, 0.5) is 4.39 Å². The van der Waals surface area contributed by atoms with Crippen molar-refractivity contribution in [3.8, 4) is 0 Å². The summed E-state index contributed by atoms with van der Waals surface area (Å²) in [5, 5.41) is 1.15. The smallest absolute Gasteiger partial charge is 0.124 e. The Labute approximate surface area is 116 Å². The van der Waals surface area contributed by atoms with E-state index in [1.54, 1.807) is 6.07 Å². The molecule has 3 heteroatoms. The summed E-state index contributed by atoms with van der Waals surface area (Å²) in [5.74, 6) is -0.322. The van der Waals surface area contributed by atoms with Gasteiger partial charge in [-0.3, -0.25) is 0 Å². The van der Waals surface area contributed by atoms with Crippen LogP contribution in [0.25, 0.3) is 0 Å². The van der Waals surface area contributed by atoms with Gasteiger partial charge in [-0.15, -0.1) is 0 Å². The van der Waals surface area contributed by atoms with Gasteiger partial charge in [-0.2, -0.15) is 0 Å². The van der Waals surface area contributed by atoms with Crippen LogP contribution in [0, 0.1) is 5.82 Å². The van der Waals surface area contributed by atoms with Crippen molar-refractivity contribution in [2.45, 2.75) is 19.8 Å². The van der Waals surface area contributed by atoms with Gasteiger partial charge in [0.05, 0.1) is 0 Å². The van der Waals surface area contributed by atoms with E-state index >= 15 is 0 Å². The molecule has 2 aromatic carbocycles. The van der Waals surface area contributed by atoms with Crippen molar-refractivity contribution in [3.63, 3.8) is 0 Å². The summed E-state index contributed by atoms with van der Waals surface area (Å²) in [4.78, 5) is 0. The molecule has 0 unspecified atom stereocenters. The molecule has 0 nitrogen and oxygen atoms in total. The van der Waals surface area contributed by atoms with Crippen molar-refractivity contribution in [2.24, 2.45) is 0 Å². The van der Waals surface area contributed by atoms with Crippen molar-refractivity contribution < 1.29 is 4.39 Å². The highest BCUT2D eigenvalue weighted by atomic mass is 35.5. The van der Waals surface area contributed by atoms with Gasteiger partial charge in [0.1, 0.15) is 5.82 Å². The highest BCUT2D eigenvalue weighted by molar-refractivity contribution is 6.32. The highest BCUT2D eigenvalue weighted by Crippen LogP contribution is 2.25. The molecule has 0 saturated carbocycles. The average Bonchev–Trinajstić information content (AvgIpc) is 2.35. The Hall–Kier alpha value is -1.05. The summed E-state index contributed by atoms with van der Waals surface area (Å²) in [6, 6.07) is 10.4. The van der Waals surface area contributed by atoms with Crippen LogP contribution in [0.3, 0.4) is 0 Å². The van der Waals surface area contributed by atoms with E-state index in [0.29, 0.717) is 16.5 Å². The number of hydrogen-bond donors (Lipinski definition) is 0. The van der Waals surface area contributed by atoms with E-state index in [0.717, 1.165) is 17.5 Å². The maximum absolute atomic E-state index is 13.0. The average molecular weight is 283 g/mol. The predicted molar refractivity (Wildman–Crippen MR) is 75.0 cm³/mol. The van der Waals surface area contributed by atoms with Crippen LogP contribution in [0.2, 0.25) is 10.0 Å². The summed E-state index contributed by atoms with van der Waals surface area (Å²) in [6.45, 7) is 2.10. The molecule has 0 fully saturated rings. The molecule has 0 heterocycles. The lowest BCUT2D eigenvalue weighted by atomic mass is 10.0. The van der Waals surface area contributed by atoms with Crippen LogP contribution >= 0.6 is 23.2 Å². The number of rotatable bonds is 3. The van der Waals surface area contributed by atoms with E-state index in [1.165, 1.54) is 17.7 Å². The summed E-state index contributed by atoms with van der Waals surface area (Å²) < 4.78 is 13.0. The largest absolute Gasteiger partial charge is 0.207 e. The van der Waals surface area contributed by atoms with E-state index < -0.39 is 0 Å². The lowest BCUT2D eigenvalue weighted by molar-refractivity contribution is 0.627. The second-order valence-electron chi connectivity index (χ2n) is 4.19. The van der Waals surface area contributed by atoms with E-state index in [9.17, 15) is 4.39 Å². The zero-order chi connectivity index (χ0) is 13.1. The van der Waals surface area contributed by atoms with Gasteiger partial charge in [-0.1, -0.05) is 48.3 Å². The van der Waals surface area contributed by atoms with Crippen molar-refractivity contribution >= 4 is 23.2 Å². The first-order valence-corrected chi connectivity index (χ1v) is 6.57. The molecule has 0 aliphatic heterocycles. The minimum Gasteiger partial charge on any atom is -0.207 e. The Kier molecular flexibility index (Phi) is 4.26. The van der Waals surface area contributed by atoms with Crippen LogP contribution in [-0.2, 0) is 12.8 Å². The first-order chi connectivity index (χ1) is 8.60. The summed E-state index contributed by atoms with van der Waals surface area (Å²) in [7, 11) is 0. The zero-order valence-corrected chi connectivity index (χ0v) is 11.5. The fourth-order valence-corrected chi connectivity index (χ4v) is 2.27. The van der Waals surface area contributed by atoms with Crippen LogP contribution in [0.1, 0.15) is 23.6 Å². The lowest BCUT2D eigenvalue weighted by Crippen LogP contribution is -1.93. The molecule has 0 spiro atoms. The molecule has 0 atom stereocenters. The third-order valence-electron chi connectivity index (χ3n) is 2.91. The molecular formula is C15H13Cl2F. The highest BCUT2D eigenvalue weighted by Gasteiger charge is 2.07. The minimum atomic E-state index is -0.322. The Morgan fingerprint density at radius 3 is 2.39 bits per heavy atom. The van der Waals surface area contributed by atoms with Gasteiger partial charge >= 0.3 is 0 Å². The second-order valence-corrected chi connectivity index (χ2v) is 5.01. The van der Waals surface area contributed by atoms with Gasteiger partial charge in [0.2, 0.25) is 0 Å². The maximum atomic E-state index is 13.0. The van der Waals surface area contributed by atoms with Gasteiger partial charge in [0.25, 0.3) is 0 Å². The number of aryl methyl sites for hydroxylation is 1. The molecule has 0 N–H and O–H groups in total. The van der Waals surface area contributed by atoms with E-state index in [4.69, 9.17) is 23.2 Å². The fourth-order valence-electron chi connectivity index (χ4n) is 1.85. The van der Waals surface area contributed by atoms with Crippen molar-refractivity contribution in [1.29, 1.82) is 0 Å². The monoisotopic (exact) mass is 282 g/mol. The van der Waals surface area contributed by atoms with Crippen molar-refractivity contribution in [3.05, 3.63) is 69.0 Å². The standard InChI is InChI=1S/C15H13Cl2F/c1-2-10-3-6-14(16)12(7-10)8-11-4-5-13(18)9-15(11)17/h3-7,9H,2,8H2,1H3. The molecule has 94 valence electrons. The Balaban J connectivity index is 2.33. The molecule has 0 saturated heterocycles. The van der Waals surface area contributed by atoms with Gasteiger partial charge in [-0.25, -0.2) is 4.39 Å². The van der Waals surface area contributed by atoms with E-state index in [-0.39, 0.29) is 5.82 Å². The van der Waals surface area contributed by atoms with Crippen LogP contribution in [0.5, 0.6) is 0 Å². The Bertz CT molecular complexity index is 564. The lowest BCUT2D eigenvalue weighted by Gasteiger charge is -2.08. The number of halogens is 3. The fraction of sp³-hybridized carbons (Fsp3) is 0.200. The van der Waals surface area contributed by atoms with Gasteiger partial charge < -0.3 is 0 Å². The SMILES string of the molecule is CCc1ccc(Cl)c(Cc2ccc(F)cc2Cl)c1. The van der Waals surface area contributed by atoms with Gasteiger partial charge in [0, 0.05) is 16.5 Å². The third kappa shape index (κ3) is 3.04. The molecule has 2 rings (SSSR count). The Morgan fingerprint density at radius 1 is 0.944 bits per heavy atom. The molecule has 0 amide bonds. The van der Waals surface area contributed by atoms with Crippen LogP contribution < -0.4 is 0 Å². The van der Waals surface area contributed by atoms with E-state index in [1.807, 2.05) is 12.1 Å². The Morgan fingerprint density at radius 2 is 1.72 bits per heavy atom. The number of hydrogen-bond acceptors (Lipinski definition) is 0. The molecule has 2 aromatic rings. The molecule has 0 aromatic heterocycles. The second kappa shape index (κ2) is 5.73. The first-order valence-electron chi connectivity index (χ1n) is 5.81. The van der Waals surface area contributed by atoms with E-state index in [2.05, 4.69) is 13.0 Å². The van der Waals surface area contributed by atoms with Gasteiger partial charge in [0.15, 0.2) is 0 Å². The van der Waals surface area contributed by atoms with Crippen molar-refractivity contribution in [2.75, 3.05) is 0 Å². The molecule has 0 aliphatic carbocycles. The minimum absolute atomic E-state index is 0.322. The summed E-state index contributed by atoms with van der Waals surface area (Å²) >= 11 is 12.2. The van der Waals surface area contributed by atoms with Crippen LogP contribution in [-0.4, -0.2) is 0 Å². The molecule has 0 aliphatic rings. The maximum Gasteiger partial charge on any atom is 0.124 e. The summed E-state index contributed by atoms with van der Waals surface area (Å²) in [5.41, 5.74) is 3.13. The van der Waals surface area contributed by atoms with Gasteiger partial charge in [-0.05, 0) is 41.3 Å². The molecule has 18 heavy (non-hydrogen) atoms. The zero-order valence-electron chi connectivity index (χ0n) is 10.0. The first kappa shape index (κ1) is 13.4. The number of benzene rings is 2. The summed E-state index contributed by atoms with van der Waals surface area (Å²) in [6.07, 6.45) is 1.58. The molecule has 0 bridgehead atoms. The topological polar surface area (TPSA) is 0 Å². The predicted octanol–water partition coefficient (Wildman–Crippen LogP) is 5.29. The molecule has 0 radical (unpaired) electrons. The molecular weight excluding hydrogens is 270 g/mol. The third-order valence-corrected chi connectivity index (χ3v) is 3.63. The normalized spacial score (nSPS) is 10.7. The van der Waals surface area contributed by atoms with Crippen molar-refractivity contribution in [1.82, 2.24) is 0 Å². The quantitative estimate of drug-likeness (QED) is 0.718.